The molecule has 186 valence electrons. The molecule has 1 amide bonds. The number of aryl methyl sites for hydroxylation is 1. The van der Waals surface area contributed by atoms with Crippen LogP contribution in [0.4, 0.5) is 24.9 Å². The first-order chi connectivity index (χ1) is 17.0. The molecule has 14 heteroatoms. The van der Waals surface area contributed by atoms with Crippen molar-refractivity contribution < 1.29 is 23.1 Å². The summed E-state index contributed by atoms with van der Waals surface area (Å²) in [6.07, 6.45) is -0.782. The van der Waals surface area contributed by atoms with E-state index in [1.807, 2.05) is 0 Å². The summed E-state index contributed by atoms with van der Waals surface area (Å²) in [5, 5.41) is 20.5. The predicted octanol–water partition coefficient (Wildman–Crippen LogP) is 3.12. The van der Waals surface area contributed by atoms with Crippen LogP contribution in [0, 0.1) is 0 Å². The van der Waals surface area contributed by atoms with Crippen LogP contribution < -0.4 is 5.32 Å². The molecule has 2 atom stereocenters. The molecule has 2 N–H and O–H groups in total. The molecule has 5 heterocycles. The van der Waals surface area contributed by atoms with Gasteiger partial charge in [-0.2, -0.15) is 18.3 Å². The molecule has 4 aromatic heterocycles. The molecule has 0 unspecified atom stereocenters. The van der Waals surface area contributed by atoms with E-state index in [-0.39, 0.29) is 5.56 Å². The van der Waals surface area contributed by atoms with Gasteiger partial charge in [0, 0.05) is 50.6 Å². The van der Waals surface area contributed by atoms with Crippen molar-refractivity contribution in [1.29, 1.82) is 0 Å². The number of halogens is 3. The fourth-order valence-electron chi connectivity index (χ4n) is 3.99. The number of nitrogens with zero attached hydrogens (tertiary/aromatic N) is 7. The zero-order chi connectivity index (χ0) is 25.7. The van der Waals surface area contributed by atoms with Crippen LogP contribution in [0.2, 0.25) is 0 Å². The Morgan fingerprint density at radius 1 is 1.11 bits per heavy atom. The second-order valence-electron chi connectivity index (χ2n) is 8.27. The molecule has 1 aliphatic heterocycles. The highest BCUT2D eigenvalue weighted by atomic mass is 32.1. The Kier molecular flexibility index (Phi) is 5.71. The minimum Gasteiger partial charge on any atom is -0.375 e. The number of carbonyl (C=O) groups is 1. The average Bonchev–Trinajstić information content (AvgIpc) is 3.55. The normalized spacial score (nSPS) is 20.2. The van der Waals surface area contributed by atoms with Gasteiger partial charge < -0.3 is 15.3 Å². The van der Waals surface area contributed by atoms with Gasteiger partial charge >= 0.3 is 6.18 Å². The number of carbonyl (C=O) groups excluding carboxylic acids is 1. The van der Waals surface area contributed by atoms with Crippen molar-refractivity contribution in [2.24, 2.45) is 7.05 Å². The number of pyridine rings is 1. The van der Waals surface area contributed by atoms with Gasteiger partial charge in [0.2, 0.25) is 5.95 Å². The number of anilines is 2. The first kappa shape index (κ1) is 23.8. The Morgan fingerprint density at radius 3 is 2.58 bits per heavy atom. The summed E-state index contributed by atoms with van der Waals surface area (Å²) < 4.78 is 41.7. The Hall–Kier alpha value is -3.91. The van der Waals surface area contributed by atoms with Gasteiger partial charge in [0.25, 0.3) is 5.91 Å². The van der Waals surface area contributed by atoms with Gasteiger partial charge in [0.1, 0.15) is 22.4 Å². The molecule has 0 radical (unpaired) electrons. The zero-order valence-corrected chi connectivity index (χ0v) is 19.7. The van der Waals surface area contributed by atoms with Crippen LogP contribution in [-0.4, -0.2) is 64.9 Å². The van der Waals surface area contributed by atoms with Crippen molar-refractivity contribution in [3.63, 3.8) is 0 Å². The highest BCUT2D eigenvalue weighted by Gasteiger charge is 2.59. The van der Waals surface area contributed by atoms with E-state index in [1.165, 1.54) is 29.7 Å². The lowest BCUT2D eigenvalue weighted by Gasteiger charge is -2.21. The molecule has 10 nitrogen and oxygen atoms in total. The summed E-state index contributed by atoms with van der Waals surface area (Å²) in [6, 6.07) is 4.10. The molecule has 1 aliphatic rings. The minimum absolute atomic E-state index is 0.0227. The van der Waals surface area contributed by atoms with E-state index >= 15 is 0 Å². The fourth-order valence-corrected chi connectivity index (χ4v) is 4.77. The van der Waals surface area contributed by atoms with Crippen molar-refractivity contribution in [1.82, 2.24) is 34.6 Å². The molecule has 0 saturated carbocycles. The second kappa shape index (κ2) is 8.64. The number of aliphatic hydroxyl groups is 1. The van der Waals surface area contributed by atoms with E-state index in [0.717, 1.165) is 7.05 Å². The van der Waals surface area contributed by atoms with Gasteiger partial charge in [-0.15, -0.1) is 11.3 Å². The Balaban J connectivity index is 1.41. The number of aromatic nitrogens is 6. The van der Waals surface area contributed by atoms with Crippen LogP contribution in [0.3, 0.4) is 0 Å². The summed E-state index contributed by atoms with van der Waals surface area (Å²) in [5.74, 6) is -0.114. The van der Waals surface area contributed by atoms with E-state index < -0.39 is 30.1 Å². The molecular weight excluding hydrogens is 497 g/mol. The van der Waals surface area contributed by atoms with E-state index in [9.17, 15) is 23.1 Å². The zero-order valence-electron chi connectivity index (χ0n) is 18.9. The highest BCUT2D eigenvalue weighted by molar-refractivity contribution is 7.13. The van der Waals surface area contributed by atoms with E-state index in [2.05, 4.69) is 30.4 Å². The van der Waals surface area contributed by atoms with Crippen LogP contribution >= 0.6 is 11.3 Å². The third-order valence-electron chi connectivity index (χ3n) is 5.84. The standard InChI is InChI=1S/C22H19F3N8O2S/c1-32-8-5-17(31-32)30-20-27-7-4-13(29-20)18-28-15(11-36-18)14-9-12(3-6-26-14)21(35)10-16(22(23,24)25)33(2)19(21)34/h3-9,11,16,35H,10H2,1-2H3,(H,27,29,30,31)/t16-,21-/m0/s1. The quantitative estimate of drug-likeness (QED) is 0.415. The third-order valence-corrected chi connectivity index (χ3v) is 6.71. The second-order valence-corrected chi connectivity index (χ2v) is 9.13. The molecule has 1 saturated heterocycles. The highest BCUT2D eigenvalue weighted by Crippen LogP contribution is 2.43. The predicted molar refractivity (Wildman–Crippen MR) is 124 cm³/mol. The summed E-state index contributed by atoms with van der Waals surface area (Å²) in [6.45, 7) is 0. The summed E-state index contributed by atoms with van der Waals surface area (Å²) in [7, 11) is 2.82. The van der Waals surface area contributed by atoms with Crippen LogP contribution in [0.1, 0.15) is 12.0 Å². The molecule has 5 rings (SSSR count). The van der Waals surface area contributed by atoms with Crippen molar-refractivity contribution in [3.05, 3.63) is 53.8 Å². The number of alkyl halides is 3. The van der Waals surface area contributed by atoms with Gasteiger partial charge in [-0.25, -0.2) is 15.0 Å². The molecular formula is C22H19F3N8O2S. The number of rotatable bonds is 5. The number of hydrogen-bond acceptors (Lipinski definition) is 9. The maximum Gasteiger partial charge on any atom is 0.408 e. The molecule has 0 aliphatic carbocycles. The molecule has 0 spiro atoms. The fraction of sp³-hybridized carbons (Fsp3) is 0.273. The van der Waals surface area contributed by atoms with Crippen molar-refractivity contribution in [2.75, 3.05) is 12.4 Å². The lowest BCUT2D eigenvalue weighted by molar-refractivity contribution is -0.177. The number of nitrogens with one attached hydrogen (secondary N) is 1. The molecule has 36 heavy (non-hydrogen) atoms. The molecule has 1 fully saturated rings. The van der Waals surface area contributed by atoms with Gasteiger partial charge in [0.15, 0.2) is 11.4 Å². The number of likely N-dealkylation sites (N-methyl/N-ethyl adjacent to an activating group) is 1. The topological polar surface area (TPSA) is 122 Å². The largest absolute Gasteiger partial charge is 0.408 e. The maximum absolute atomic E-state index is 13.4. The molecule has 4 aromatic rings. The summed E-state index contributed by atoms with van der Waals surface area (Å²) in [4.78, 5) is 30.6. The SMILES string of the molecule is CN1C(=O)[C@@](O)(c2ccnc(-c3csc(-c4ccnc(Nc5ccn(C)n5)n4)n3)c2)C[C@H]1C(F)(F)F. The number of hydrogen-bond donors (Lipinski definition) is 2. The number of likely N-dealkylation sites (tertiary alicyclic amines) is 1. The van der Waals surface area contributed by atoms with Crippen molar-refractivity contribution >= 4 is 29.0 Å². The van der Waals surface area contributed by atoms with E-state index in [4.69, 9.17) is 0 Å². The van der Waals surface area contributed by atoms with Crippen molar-refractivity contribution in [2.45, 2.75) is 24.2 Å². The van der Waals surface area contributed by atoms with Crippen molar-refractivity contribution in [3.8, 4) is 22.1 Å². The molecule has 0 aromatic carbocycles. The van der Waals surface area contributed by atoms with Crippen LogP contribution in [0.15, 0.2) is 48.2 Å². The Morgan fingerprint density at radius 2 is 1.89 bits per heavy atom. The third kappa shape index (κ3) is 4.28. The molecule has 0 bridgehead atoms. The lowest BCUT2D eigenvalue weighted by Crippen LogP contribution is -2.41. The van der Waals surface area contributed by atoms with Crippen LogP contribution in [0.25, 0.3) is 22.1 Å². The maximum atomic E-state index is 13.4. The van der Waals surface area contributed by atoms with Gasteiger partial charge in [0.05, 0.1) is 5.69 Å². The first-order valence-corrected chi connectivity index (χ1v) is 11.5. The van der Waals surface area contributed by atoms with Gasteiger partial charge in [-0.1, -0.05) is 0 Å². The van der Waals surface area contributed by atoms with E-state index in [0.29, 0.717) is 38.8 Å². The minimum atomic E-state index is -4.66. The van der Waals surface area contributed by atoms with Gasteiger partial charge in [-0.3, -0.25) is 14.5 Å². The monoisotopic (exact) mass is 516 g/mol. The smallest absolute Gasteiger partial charge is 0.375 e. The number of amides is 1. The lowest BCUT2D eigenvalue weighted by atomic mass is 9.90. The summed E-state index contributed by atoms with van der Waals surface area (Å²) >= 11 is 1.28. The Bertz CT molecular complexity index is 1440. The van der Waals surface area contributed by atoms with Gasteiger partial charge in [-0.05, 0) is 23.8 Å². The summed E-state index contributed by atoms with van der Waals surface area (Å²) in [5.41, 5.74) is -1.03. The number of thiazole rings is 1. The first-order valence-electron chi connectivity index (χ1n) is 10.6. The van der Waals surface area contributed by atoms with Crippen LogP contribution in [0.5, 0.6) is 0 Å². The Labute approximate surface area is 206 Å². The average molecular weight is 517 g/mol. The van der Waals surface area contributed by atoms with E-state index in [1.54, 1.807) is 41.6 Å². The van der Waals surface area contributed by atoms with Crippen LogP contribution in [-0.2, 0) is 17.4 Å².